The predicted molar refractivity (Wildman–Crippen MR) is 88.1 cm³/mol. The molecule has 26 heavy (non-hydrogen) atoms. The van der Waals surface area contributed by atoms with Crippen LogP contribution in [0.15, 0.2) is 63.8 Å². The number of rotatable bonds is 7. The van der Waals surface area contributed by atoms with Crippen LogP contribution in [-0.2, 0) is 17.9 Å². The van der Waals surface area contributed by atoms with Gasteiger partial charge in [0, 0.05) is 6.07 Å². The van der Waals surface area contributed by atoms with Crippen molar-refractivity contribution >= 4 is 5.91 Å². The Balaban J connectivity index is 1.73. The summed E-state index contributed by atoms with van der Waals surface area (Å²) in [6.07, 6.45) is 2.13. The Hall–Kier alpha value is -3.09. The first-order chi connectivity index (χ1) is 12.5. The highest BCUT2D eigenvalue weighted by Crippen LogP contribution is 2.19. The quantitative estimate of drug-likeness (QED) is 0.634. The average molecular weight is 361 g/mol. The van der Waals surface area contributed by atoms with Gasteiger partial charge in [-0.15, -0.1) is 0 Å². The van der Waals surface area contributed by atoms with Gasteiger partial charge in [0.15, 0.2) is 17.7 Å². The minimum Gasteiger partial charge on any atom is -0.481 e. The molecule has 0 spiro atoms. The van der Waals surface area contributed by atoms with Crippen LogP contribution in [0.1, 0.15) is 18.4 Å². The lowest BCUT2D eigenvalue weighted by Gasteiger charge is -2.24. The molecule has 0 aliphatic rings. The molecule has 0 aliphatic carbocycles. The van der Waals surface area contributed by atoms with Crippen molar-refractivity contribution in [3.63, 3.8) is 0 Å². The Kier molecular flexibility index (Phi) is 5.36. The van der Waals surface area contributed by atoms with Crippen molar-refractivity contribution in [1.29, 1.82) is 0 Å². The molecule has 5 nitrogen and oxygen atoms in total. The van der Waals surface area contributed by atoms with Gasteiger partial charge in [0.2, 0.25) is 0 Å². The number of furan rings is 2. The molecule has 3 aromatic rings. The Labute approximate surface area is 148 Å². The minimum absolute atomic E-state index is 0.0701. The highest BCUT2D eigenvalue weighted by Gasteiger charge is 2.24. The van der Waals surface area contributed by atoms with Gasteiger partial charge in [-0.1, -0.05) is 0 Å². The molecule has 0 aliphatic heterocycles. The van der Waals surface area contributed by atoms with E-state index >= 15 is 0 Å². The van der Waals surface area contributed by atoms with Crippen molar-refractivity contribution in [2.75, 3.05) is 0 Å². The summed E-state index contributed by atoms with van der Waals surface area (Å²) in [6, 6.07) is 10.1. The Bertz CT molecular complexity index is 810. The van der Waals surface area contributed by atoms with Crippen molar-refractivity contribution in [3.8, 4) is 5.75 Å². The van der Waals surface area contributed by atoms with Crippen molar-refractivity contribution in [2.45, 2.75) is 26.1 Å². The fraction of sp³-hybridized carbons (Fsp3) is 0.211. The maximum atomic E-state index is 13.3. The fourth-order valence-electron chi connectivity index (χ4n) is 2.45. The number of carbonyl (C=O) groups is 1. The van der Waals surface area contributed by atoms with E-state index in [4.69, 9.17) is 13.6 Å². The minimum atomic E-state index is -1.04. The first-order valence-electron chi connectivity index (χ1n) is 7.98. The second kappa shape index (κ2) is 7.86. The lowest BCUT2D eigenvalue weighted by molar-refractivity contribution is -0.139. The molecule has 2 aromatic heterocycles. The third-order valence-corrected chi connectivity index (χ3v) is 3.72. The highest BCUT2D eigenvalue weighted by molar-refractivity contribution is 5.80. The molecule has 1 unspecified atom stereocenters. The molecule has 1 aromatic carbocycles. The van der Waals surface area contributed by atoms with E-state index in [9.17, 15) is 13.6 Å². The monoisotopic (exact) mass is 361 g/mol. The third-order valence-electron chi connectivity index (χ3n) is 3.72. The lowest BCUT2D eigenvalue weighted by atomic mass is 10.2. The van der Waals surface area contributed by atoms with Crippen LogP contribution in [-0.4, -0.2) is 16.9 Å². The van der Waals surface area contributed by atoms with Crippen LogP contribution >= 0.6 is 0 Å². The number of benzene rings is 1. The van der Waals surface area contributed by atoms with Crippen molar-refractivity contribution in [3.05, 3.63) is 78.1 Å². The number of hydrogen-bond donors (Lipinski definition) is 0. The van der Waals surface area contributed by atoms with Gasteiger partial charge < -0.3 is 18.5 Å². The molecule has 7 heteroatoms. The second-order valence-corrected chi connectivity index (χ2v) is 5.69. The third kappa shape index (κ3) is 4.30. The molecule has 0 radical (unpaired) electrons. The zero-order valence-corrected chi connectivity index (χ0v) is 14.0. The molecule has 1 atom stereocenters. The molecule has 136 valence electrons. The summed E-state index contributed by atoms with van der Waals surface area (Å²) in [5, 5.41) is 0. The average Bonchev–Trinajstić information content (AvgIpc) is 3.31. The van der Waals surface area contributed by atoms with Crippen molar-refractivity contribution in [2.24, 2.45) is 0 Å². The SMILES string of the molecule is CC(Oc1ccc(F)c(F)c1)C(=O)N(Cc1ccco1)Cc1ccco1. The van der Waals surface area contributed by atoms with E-state index in [2.05, 4.69) is 0 Å². The number of nitrogens with zero attached hydrogens (tertiary/aromatic N) is 1. The summed E-state index contributed by atoms with van der Waals surface area (Å²) in [5.74, 6) is -1.09. The number of carbonyl (C=O) groups excluding carboxylic acids is 1. The molecule has 3 rings (SSSR count). The normalized spacial score (nSPS) is 12.0. The smallest absolute Gasteiger partial charge is 0.264 e. The van der Waals surface area contributed by atoms with E-state index in [1.54, 1.807) is 31.2 Å². The van der Waals surface area contributed by atoms with E-state index < -0.39 is 17.7 Å². The standard InChI is InChI=1S/C19H17F2NO4/c1-13(26-14-6-7-17(20)18(21)10-14)19(23)22(11-15-4-2-8-24-15)12-16-5-3-9-25-16/h2-10,13H,11-12H2,1H3. The van der Waals surface area contributed by atoms with Gasteiger partial charge >= 0.3 is 0 Å². The predicted octanol–water partition coefficient (Wildman–Crippen LogP) is 4.15. The van der Waals surface area contributed by atoms with E-state index in [0.717, 1.165) is 12.1 Å². The zero-order chi connectivity index (χ0) is 18.5. The molecule has 0 fully saturated rings. The molecular weight excluding hydrogens is 344 g/mol. The molecule has 1 amide bonds. The van der Waals surface area contributed by atoms with Gasteiger partial charge in [-0.3, -0.25) is 4.79 Å². The number of hydrogen-bond acceptors (Lipinski definition) is 4. The van der Waals surface area contributed by atoms with Gasteiger partial charge in [-0.2, -0.15) is 0 Å². The van der Waals surface area contributed by atoms with Gasteiger partial charge in [0.1, 0.15) is 17.3 Å². The van der Waals surface area contributed by atoms with E-state index in [1.165, 1.54) is 23.5 Å². The molecule has 2 heterocycles. The fourth-order valence-corrected chi connectivity index (χ4v) is 2.45. The first kappa shape index (κ1) is 17.7. The molecule has 0 saturated heterocycles. The number of ether oxygens (including phenoxy) is 1. The van der Waals surface area contributed by atoms with Gasteiger partial charge in [0.05, 0.1) is 25.6 Å². The molecule has 0 saturated carbocycles. The Morgan fingerprint density at radius 1 is 1.04 bits per heavy atom. The van der Waals surface area contributed by atoms with Crippen LogP contribution in [0.3, 0.4) is 0 Å². The maximum Gasteiger partial charge on any atom is 0.264 e. The Morgan fingerprint density at radius 3 is 2.15 bits per heavy atom. The summed E-state index contributed by atoms with van der Waals surface area (Å²) < 4.78 is 42.4. The van der Waals surface area contributed by atoms with Crippen molar-refractivity contribution < 1.29 is 27.1 Å². The number of halogens is 2. The summed E-state index contributed by atoms with van der Waals surface area (Å²) in [7, 11) is 0. The zero-order valence-electron chi connectivity index (χ0n) is 14.0. The van der Waals surface area contributed by atoms with E-state index in [0.29, 0.717) is 11.5 Å². The van der Waals surface area contributed by atoms with E-state index in [-0.39, 0.29) is 24.7 Å². The van der Waals surface area contributed by atoms with Crippen LogP contribution in [0, 0.1) is 11.6 Å². The van der Waals surface area contributed by atoms with E-state index in [1.807, 2.05) is 0 Å². The summed E-state index contributed by atoms with van der Waals surface area (Å²) in [5.41, 5.74) is 0. The second-order valence-electron chi connectivity index (χ2n) is 5.69. The summed E-state index contributed by atoms with van der Waals surface area (Å²) >= 11 is 0. The van der Waals surface area contributed by atoms with Crippen LogP contribution in [0.25, 0.3) is 0 Å². The van der Waals surface area contributed by atoms with Gasteiger partial charge in [0.25, 0.3) is 5.91 Å². The van der Waals surface area contributed by atoms with Crippen LogP contribution in [0.4, 0.5) is 8.78 Å². The topological polar surface area (TPSA) is 55.8 Å². The largest absolute Gasteiger partial charge is 0.481 e. The highest BCUT2D eigenvalue weighted by atomic mass is 19.2. The lowest BCUT2D eigenvalue weighted by Crippen LogP contribution is -2.39. The summed E-state index contributed by atoms with van der Waals surface area (Å²) in [4.78, 5) is 14.3. The van der Waals surface area contributed by atoms with Gasteiger partial charge in [-0.25, -0.2) is 8.78 Å². The first-order valence-corrected chi connectivity index (χ1v) is 7.98. The molecular formula is C19H17F2NO4. The van der Waals surface area contributed by atoms with Crippen LogP contribution in [0.2, 0.25) is 0 Å². The molecule has 0 N–H and O–H groups in total. The Morgan fingerprint density at radius 2 is 1.65 bits per heavy atom. The maximum absolute atomic E-state index is 13.3. The molecule has 0 bridgehead atoms. The van der Waals surface area contributed by atoms with Crippen LogP contribution in [0.5, 0.6) is 5.75 Å². The summed E-state index contributed by atoms with van der Waals surface area (Å²) in [6.45, 7) is 1.98. The van der Waals surface area contributed by atoms with Crippen LogP contribution < -0.4 is 4.74 Å². The number of amides is 1. The van der Waals surface area contributed by atoms with Crippen molar-refractivity contribution in [1.82, 2.24) is 4.90 Å². The van der Waals surface area contributed by atoms with Gasteiger partial charge in [-0.05, 0) is 43.3 Å².